The highest BCUT2D eigenvalue weighted by Crippen LogP contribution is 2.23. The summed E-state index contributed by atoms with van der Waals surface area (Å²) in [5.74, 6) is 2.46. The number of Topliss-reactive ketones (excluding diaryl/α,β-unsaturated/α-hetero) is 1. The normalized spacial score (nSPS) is 11.0. The molecule has 2 aromatic carbocycles. The van der Waals surface area contributed by atoms with Crippen LogP contribution in [0.4, 0.5) is 0 Å². The van der Waals surface area contributed by atoms with Crippen molar-refractivity contribution >= 4 is 17.5 Å². The first-order valence-corrected chi connectivity index (χ1v) is 12.4. The molecule has 35 heavy (non-hydrogen) atoms. The summed E-state index contributed by atoms with van der Waals surface area (Å²) in [7, 11) is 3.30. The summed E-state index contributed by atoms with van der Waals surface area (Å²) in [6.45, 7) is 4.84. The first-order chi connectivity index (χ1) is 17.0. The number of ether oxygens (including phenoxy) is 2. The Morgan fingerprint density at radius 2 is 1.57 bits per heavy atom. The monoisotopic (exact) mass is 491 g/mol. The van der Waals surface area contributed by atoms with Gasteiger partial charge < -0.3 is 18.5 Å². The number of nitrogens with zero attached hydrogens (tertiary/aromatic N) is 3. The van der Waals surface area contributed by atoms with Gasteiger partial charge in [0.25, 0.3) is 5.22 Å². The molecular weight excluding hydrogens is 462 g/mol. The maximum Gasteiger partial charge on any atom is 0.277 e. The van der Waals surface area contributed by atoms with E-state index in [0.29, 0.717) is 17.5 Å². The van der Waals surface area contributed by atoms with Crippen molar-refractivity contribution in [3.8, 4) is 11.5 Å². The zero-order valence-corrected chi connectivity index (χ0v) is 21.2. The predicted octanol–water partition coefficient (Wildman–Crippen LogP) is 5.31. The van der Waals surface area contributed by atoms with Crippen molar-refractivity contribution in [3.05, 3.63) is 88.6 Å². The van der Waals surface area contributed by atoms with Crippen LogP contribution in [-0.2, 0) is 19.4 Å². The Hall–Kier alpha value is -3.52. The fourth-order valence-corrected chi connectivity index (χ4v) is 4.62. The molecule has 0 bridgehead atoms. The number of hydrogen-bond acceptors (Lipinski definition) is 7. The minimum absolute atomic E-state index is 0.0497. The van der Waals surface area contributed by atoms with Gasteiger partial charge in [-0.15, -0.1) is 10.2 Å². The Morgan fingerprint density at radius 1 is 0.943 bits per heavy atom. The van der Waals surface area contributed by atoms with Gasteiger partial charge in [-0.25, -0.2) is 0 Å². The molecule has 0 fully saturated rings. The van der Waals surface area contributed by atoms with Gasteiger partial charge >= 0.3 is 0 Å². The molecule has 0 atom stereocenters. The van der Waals surface area contributed by atoms with E-state index in [1.807, 2.05) is 56.3 Å². The zero-order valence-electron chi connectivity index (χ0n) is 20.4. The molecule has 0 spiro atoms. The molecule has 0 radical (unpaired) electrons. The van der Waals surface area contributed by atoms with Gasteiger partial charge in [0.05, 0.1) is 26.4 Å². The lowest BCUT2D eigenvalue weighted by Crippen LogP contribution is -2.08. The van der Waals surface area contributed by atoms with E-state index in [2.05, 4.69) is 26.9 Å². The van der Waals surface area contributed by atoms with E-state index in [-0.39, 0.29) is 11.5 Å². The second kappa shape index (κ2) is 11.3. The number of carbonyl (C=O) groups excluding carboxylic acids is 1. The molecule has 7 nitrogen and oxygen atoms in total. The lowest BCUT2D eigenvalue weighted by Gasteiger charge is -2.10. The molecule has 4 rings (SSSR count). The molecule has 182 valence electrons. The largest absolute Gasteiger partial charge is 0.497 e. The maximum atomic E-state index is 13.0. The fourth-order valence-electron chi connectivity index (χ4n) is 3.95. The van der Waals surface area contributed by atoms with E-state index < -0.39 is 0 Å². The second-order valence-electron chi connectivity index (χ2n) is 8.23. The molecule has 8 heteroatoms. The van der Waals surface area contributed by atoms with Crippen molar-refractivity contribution in [1.82, 2.24) is 14.8 Å². The van der Waals surface area contributed by atoms with Gasteiger partial charge in [-0.2, -0.15) is 0 Å². The smallest absolute Gasteiger partial charge is 0.277 e. The van der Waals surface area contributed by atoms with E-state index in [1.54, 1.807) is 14.2 Å². The lowest BCUT2D eigenvalue weighted by atomic mass is 10.1. The van der Waals surface area contributed by atoms with Gasteiger partial charge in [-0.1, -0.05) is 36.0 Å². The van der Waals surface area contributed by atoms with E-state index in [9.17, 15) is 4.79 Å². The highest BCUT2D eigenvalue weighted by molar-refractivity contribution is 7.99. The number of methoxy groups -OCH3 is 2. The Balaban J connectivity index is 1.33. The average molecular weight is 492 g/mol. The van der Waals surface area contributed by atoms with Crippen LogP contribution in [0.3, 0.4) is 0 Å². The highest BCUT2D eigenvalue weighted by Gasteiger charge is 2.17. The quantitative estimate of drug-likeness (QED) is 0.208. The third-order valence-electron chi connectivity index (χ3n) is 5.95. The third kappa shape index (κ3) is 6.14. The van der Waals surface area contributed by atoms with Gasteiger partial charge in [0.1, 0.15) is 11.5 Å². The number of carbonyl (C=O) groups is 1. The van der Waals surface area contributed by atoms with Gasteiger partial charge in [0, 0.05) is 23.5 Å². The van der Waals surface area contributed by atoms with Crippen molar-refractivity contribution in [2.45, 2.75) is 38.5 Å². The molecule has 0 aliphatic rings. The number of aryl methyl sites for hydroxylation is 2. The summed E-state index contributed by atoms with van der Waals surface area (Å²) < 4.78 is 18.3. The van der Waals surface area contributed by atoms with Crippen LogP contribution < -0.4 is 9.47 Å². The minimum atomic E-state index is 0.0497. The first-order valence-electron chi connectivity index (χ1n) is 11.4. The summed E-state index contributed by atoms with van der Waals surface area (Å²) in [5.41, 5.74) is 5.06. The van der Waals surface area contributed by atoms with Crippen LogP contribution in [0.15, 0.2) is 64.2 Å². The summed E-state index contributed by atoms with van der Waals surface area (Å²) in [4.78, 5) is 13.0. The Kier molecular flexibility index (Phi) is 7.92. The van der Waals surface area contributed by atoms with Crippen LogP contribution in [0.25, 0.3) is 0 Å². The topological polar surface area (TPSA) is 79.4 Å². The van der Waals surface area contributed by atoms with E-state index in [0.717, 1.165) is 47.0 Å². The fraction of sp³-hybridized carbons (Fsp3) is 0.296. The molecule has 0 unspecified atom stereocenters. The average Bonchev–Trinajstić information content (AvgIpc) is 3.45. The number of hydrogen-bond donors (Lipinski definition) is 0. The second-order valence-corrected chi connectivity index (χ2v) is 9.16. The van der Waals surface area contributed by atoms with Crippen LogP contribution >= 0.6 is 11.8 Å². The zero-order chi connectivity index (χ0) is 24.8. The minimum Gasteiger partial charge on any atom is -0.497 e. The van der Waals surface area contributed by atoms with Crippen LogP contribution in [0.1, 0.15) is 38.8 Å². The van der Waals surface area contributed by atoms with Crippen molar-refractivity contribution in [2.75, 3.05) is 20.0 Å². The molecular formula is C27H29N3O4S. The molecule has 0 aliphatic carbocycles. The summed E-state index contributed by atoms with van der Waals surface area (Å²) in [6.07, 6.45) is 1.41. The van der Waals surface area contributed by atoms with Crippen molar-refractivity contribution in [1.29, 1.82) is 0 Å². The van der Waals surface area contributed by atoms with Gasteiger partial charge in [-0.05, 0) is 61.7 Å². The molecule has 0 N–H and O–H groups in total. The summed E-state index contributed by atoms with van der Waals surface area (Å²) >= 11 is 1.27. The molecule has 2 heterocycles. The van der Waals surface area contributed by atoms with E-state index in [4.69, 9.17) is 13.9 Å². The van der Waals surface area contributed by atoms with Gasteiger partial charge in [-0.3, -0.25) is 4.79 Å². The number of ketones is 1. The molecule has 0 saturated carbocycles. The van der Waals surface area contributed by atoms with Crippen molar-refractivity contribution in [2.24, 2.45) is 0 Å². The number of benzene rings is 2. The standard InChI is InChI=1S/C27H29N3O4S/c1-18-15-24(19(2)30(18)14-13-20-5-9-22(32-3)10-6-20)25(31)17-35-27-29-28-26(34-27)16-21-7-11-23(33-4)12-8-21/h5-12,15H,13-14,16-17H2,1-4H3. The van der Waals surface area contributed by atoms with Gasteiger partial charge in [0.15, 0.2) is 5.78 Å². The number of aromatic nitrogens is 3. The Labute approximate surface area is 209 Å². The predicted molar refractivity (Wildman–Crippen MR) is 136 cm³/mol. The SMILES string of the molecule is COc1ccc(CCn2c(C)cc(C(=O)CSc3nnc(Cc4ccc(OC)cc4)o3)c2C)cc1. The molecule has 0 amide bonds. The van der Waals surface area contributed by atoms with Crippen LogP contribution in [0.5, 0.6) is 11.5 Å². The molecule has 0 saturated heterocycles. The van der Waals surface area contributed by atoms with Crippen molar-refractivity contribution in [3.63, 3.8) is 0 Å². The van der Waals surface area contributed by atoms with Gasteiger partial charge in [0.2, 0.25) is 5.89 Å². The van der Waals surface area contributed by atoms with Crippen LogP contribution in [-0.4, -0.2) is 40.5 Å². The maximum absolute atomic E-state index is 13.0. The Morgan fingerprint density at radius 3 is 2.20 bits per heavy atom. The summed E-state index contributed by atoms with van der Waals surface area (Å²) in [6, 6.07) is 17.8. The first kappa shape index (κ1) is 24.6. The molecule has 0 aliphatic heterocycles. The summed E-state index contributed by atoms with van der Waals surface area (Å²) in [5, 5.41) is 8.60. The molecule has 2 aromatic heterocycles. The van der Waals surface area contributed by atoms with Crippen LogP contribution in [0, 0.1) is 13.8 Å². The van der Waals surface area contributed by atoms with E-state index >= 15 is 0 Å². The number of thioether (sulfide) groups is 1. The molecule has 4 aromatic rings. The lowest BCUT2D eigenvalue weighted by molar-refractivity contribution is 0.102. The number of rotatable bonds is 11. The van der Waals surface area contributed by atoms with E-state index in [1.165, 1.54) is 17.3 Å². The Bertz CT molecular complexity index is 1280. The van der Waals surface area contributed by atoms with Crippen LogP contribution in [0.2, 0.25) is 0 Å². The van der Waals surface area contributed by atoms with Crippen molar-refractivity contribution < 1.29 is 18.7 Å². The third-order valence-corrected chi connectivity index (χ3v) is 6.77. The highest BCUT2D eigenvalue weighted by atomic mass is 32.2.